The molecule has 0 aliphatic carbocycles. The van der Waals surface area contributed by atoms with Gasteiger partial charge in [0.15, 0.2) is 5.96 Å². The molecule has 4 heteroatoms. The third-order valence-electron chi connectivity index (χ3n) is 3.78. The lowest BCUT2D eigenvalue weighted by molar-refractivity contribution is 0.275. The summed E-state index contributed by atoms with van der Waals surface area (Å²) in [5, 5.41) is 0. The van der Waals surface area contributed by atoms with Crippen molar-refractivity contribution in [2.24, 2.45) is 16.6 Å². The minimum Gasteiger partial charge on any atom is -0.370 e. The van der Waals surface area contributed by atoms with Gasteiger partial charge in [0.1, 0.15) is 0 Å². The lowest BCUT2D eigenvalue weighted by Crippen LogP contribution is -2.42. The van der Waals surface area contributed by atoms with Crippen LogP contribution in [0.15, 0.2) is 4.99 Å². The van der Waals surface area contributed by atoms with E-state index in [1.807, 2.05) is 0 Å². The van der Waals surface area contributed by atoms with E-state index in [2.05, 4.69) is 35.6 Å². The maximum atomic E-state index is 6.05. The fraction of sp³-hybridized carbons (Fsp3) is 0.929. The first-order valence-corrected chi connectivity index (χ1v) is 7.44. The van der Waals surface area contributed by atoms with Crippen molar-refractivity contribution in [3.05, 3.63) is 0 Å². The van der Waals surface area contributed by atoms with Crippen molar-refractivity contribution in [1.82, 2.24) is 9.80 Å². The van der Waals surface area contributed by atoms with Crippen molar-refractivity contribution in [2.45, 2.75) is 40.0 Å². The maximum absolute atomic E-state index is 6.05. The van der Waals surface area contributed by atoms with Gasteiger partial charge in [-0.05, 0) is 38.3 Å². The van der Waals surface area contributed by atoms with Gasteiger partial charge >= 0.3 is 0 Å². The van der Waals surface area contributed by atoms with E-state index < -0.39 is 0 Å². The molecule has 0 saturated carbocycles. The highest BCUT2D eigenvalue weighted by Gasteiger charge is 2.16. The highest BCUT2D eigenvalue weighted by Crippen LogP contribution is 2.15. The Labute approximate surface area is 112 Å². The minimum atomic E-state index is 0.745. The zero-order valence-electron chi connectivity index (χ0n) is 12.4. The van der Waals surface area contributed by atoms with E-state index in [1.165, 1.54) is 19.3 Å². The monoisotopic (exact) mass is 254 g/mol. The lowest BCUT2D eigenvalue weighted by atomic mass is 10.00. The van der Waals surface area contributed by atoms with Crippen molar-refractivity contribution in [3.8, 4) is 0 Å². The van der Waals surface area contributed by atoms with Gasteiger partial charge in [-0.1, -0.05) is 20.8 Å². The largest absolute Gasteiger partial charge is 0.370 e. The predicted octanol–water partition coefficient (Wildman–Crippen LogP) is 1.76. The molecule has 0 amide bonds. The van der Waals surface area contributed by atoms with Crippen LogP contribution in [0.3, 0.4) is 0 Å². The van der Waals surface area contributed by atoms with E-state index in [0.717, 1.165) is 51.1 Å². The van der Waals surface area contributed by atoms with E-state index in [1.54, 1.807) is 0 Å². The molecule has 0 spiro atoms. The second-order valence-corrected chi connectivity index (χ2v) is 5.34. The molecule has 1 aliphatic heterocycles. The normalized spacial score (nSPS) is 18.7. The second-order valence-electron chi connectivity index (χ2n) is 5.34. The Morgan fingerprint density at radius 2 is 1.94 bits per heavy atom. The molecule has 1 rings (SSSR count). The highest BCUT2D eigenvalue weighted by molar-refractivity contribution is 5.78. The fourth-order valence-corrected chi connectivity index (χ4v) is 2.39. The van der Waals surface area contributed by atoms with Crippen LogP contribution in [-0.2, 0) is 0 Å². The summed E-state index contributed by atoms with van der Waals surface area (Å²) < 4.78 is 0. The smallest absolute Gasteiger partial charge is 0.191 e. The van der Waals surface area contributed by atoms with Gasteiger partial charge in [0, 0.05) is 19.6 Å². The number of hydrogen-bond donors (Lipinski definition) is 1. The van der Waals surface area contributed by atoms with Gasteiger partial charge in [-0.3, -0.25) is 4.99 Å². The number of rotatable bonds is 6. The summed E-state index contributed by atoms with van der Waals surface area (Å²) in [5.74, 6) is 1.59. The molecule has 1 saturated heterocycles. The van der Waals surface area contributed by atoms with Gasteiger partial charge in [0.05, 0.1) is 6.54 Å². The topological polar surface area (TPSA) is 44.9 Å². The summed E-state index contributed by atoms with van der Waals surface area (Å²) >= 11 is 0. The van der Waals surface area contributed by atoms with Crippen LogP contribution >= 0.6 is 0 Å². The Morgan fingerprint density at radius 1 is 1.28 bits per heavy atom. The van der Waals surface area contributed by atoms with Crippen LogP contribution in [0.25, 0.3) is 0 Å². The Bertz CT molecular complexity index is 244. The molecule has 0 atom stereocenters. The lowest BCUT2D eigenvalue weighted by Gasteiger charge is -2.31. The molecule has 0 radical (unpaired) electrons. The number of nitrogens with two attached hydrogens (primary N) is 1. The number of piperidine rings is 1. The molecule has 0 bridgehead atoms. The summed E-state index contributed by atoms with van der Waals surface area (Å²) in [6.45, 7) is 13.0. The molecule has 4 nitrogen and oxygen atoms in total. The van der Waals surface area contributed by atoms with E-state index in [4.69, 9.17) is 5.73 Å². The number of aliphatic imine (C=N–C) groups is 1. The zero-order valence-corrected chi connectivity index (χ0v) is 12.4. The molecular weight excluding hydrogens is 224 g/mol. The Kier molecular flexibility index (Phi) is 7.09. The van der Waals surface area contributed by atoms with Crippen molar-refractivity contribution in [3.63, 3.8) is 0 Å². The third kappa shape index (κ3) is 5.25. The second kappa shape index (κ2) is 8.35. The molecule has 1 fully saturated rings. The van der Waals surface area contributed by atoms with Crippen molar-refractivity contribution >= 4 is 5.96 Å². The number of nitrogens with zero attached hydrogens (tertiary/aromatic N) is 3. The number of likely N-dealkylation sites (N-methyl/N-ethyl adjacent to an activating group) is 1. The summed E-state index contributed by atoms with van der Waals surface area (Å²) in [7, 11) is 0. The molecule has 0 aromatic rings. The van der Waals surface area contributed by atoms with Crippen LogP contribution in [0, 0.1) is 5.92 Å². The molecule has 0 aromatic carbocycles. The van der Waals surface area contributed by atoms with Gasteiger partial charge in [-0.2, -0.15) is 0 Å². The molecule has 2 N–H and O–H groups in total. The Balaban J connectivity index is 2.28. The Morgan fingerprint density at radius 3 is 2.50 bits per heavy atom. The van der Waals surface area contributed by atoms with Crippen molar-refractivity contribution in [2.75, 3.05) is 39.3 Å². The van der Waals surface area contributed by atoms with Gasteiger partial charge in [0.2, 0.25) is 0 Å². The molecular formula is C14H30N4. The Hall–Kier alpha value is -0.770. The molecule has 0 aromatic heterocycles. The van der Waals surface area contributed by atoms with Crippen molar-refractivity contribution < 1.29 is 0 Å². The molecule has 106 valence electrons. The molecule has 1 heterocycles. The number of likely N-dealkylation sites (tertiary alicyclic amines) is 1. The van der Waals surface area contributed by atoms with Crippen LogP contribution in [0.5, 0.6) is 0 Å². The molecule has 18 heavy (non-hydrogen) atoms. The number of guanidine groups is 1. The van der Waals surface area contributed by atoms with Gasteiger partial charge in [0.25, 0.3) is 0 Å². The van der Waals surface area contributed by atoms with Gasteiger partial charge in [-0.25, -0.2) is 0 Å². The third-order valence-corrected chi connectivity index (χ3v) is 3.78. The fourth-order valence-electron chi connectivity index (χ4n) is 2.39. The van der Waals surface area contributed by atoms with E-state index in [0.29, 0.717) is 0 Å². The van der Waals surface area contributed by atoms with E-state index in [-0.39, 0.29) is 0 Å². The van der Waals surface area contributed by atoms with Crippen LogP contribution in [-0.4, -0.2) is 55.0 Å². The minimum absolute atomic E-state index is 0.745. The quantitative estimate of drug-likeness (QED) is 0.580. The standard InChI is InChI=1S/C14H30N4/c1-4-9-17(5-2)12-8-16-14(15)18-10-6-13(3)7-11-18/h13H,4-12H2,1-3H3,(H2,15,16). The predicted molar refractivity (Wildman–Crippen MR) is 78.9 cm³/mol. The van der Waals surface area contributed by atoms with Crippen molar-refractivity contribution in [1.29, 1.82) is 0 Å². The summed E-state index contributed by atoms with van der Waals surface area (Å²) in [5.41, 5.74) is 6.05. The van der Waals surface area contributed by atoms with Crippen LogP contribution < -0.4 is 5.73 Å². The van der Waals surface area contributed by atoms with Crippen LogP contribution in [0.4, 0.5) is 0 Å². The highest BCUT2D eigenvalue weighted by atomic mass is 15.3. The van der Waals surface area contributed by atoms with Gasteiger partial charge in [-0.15, -0.1) is 0 Å². The maximum Gasteiger partial charge on any atom is 0.191 e. The first kappa shape index (κ1) is 15.3. The van der Waals surface area contributed by atoms with Crippen LogP contribution in [0.2, 0.25) is 0 Å². The SMILES string of the molecule is CCCN(CC)CCN=C(N)N1CCC(C)CC1. The molecule has 1 aliphatic rings. The first-order valence-electron chi connectivity index (χ1n) is 7.44. The average molecular weight is 254 g/mol. The van der Waals surface area contributed by atoms with Crippen LogP contribution in [0.1, 0.15) is 40.0 Å². The zero-order chi connectivity index (χ0) is 13.4. The molecule has 0 unspecified atom stereocenters. The van der Waals surface area contributed by atoms with E-state index in [9.17, 15) is 0 Å². The number of hydrogen-bond acceptors (Lipinski definition) is 2. The summed E-state index contributed by atoms with van der Waals surface area (Å²) in [6.07, 6.45) is 3.69. The first-order chi connectivity index (χ1) is 8.67. The average Bonchev–Trinajstić information content (AvgIpc) is 2.38. The van der Waals surface area contributed by atoms with Gasteiger partial charge < -0.3 is 15.5 Å². The summed E-state index contributed by atoms with van der Waals surface area (Å²) in [4.78, 5) is 9.18. The summed E-state index contributed by atoms with van der Waals surface area (Å²) in [6, 6.07) is 0. The van der Waals surface area contributed by atoms with E-state index >= 15 is 0 Å².